The molecule has 4 nitrogen and oxygen atoms in total. The minimum atomic E-state index is -0.575. The first-order valence-corrected chi connectivity index (χ1v) is 6.55. The summed E-state index contributed by atoms with van der Waals surface area (Å²) in [6.07, 6.45) is 4.69. The standard InChI is InChI=1S/C16H16FNO3/c17-13-7-2-1-5-12(13)6-3-9-16(20)18-14(11-19)15-8-4-10-21-15/h1-8,10,14,19H,9,11H2,(H,18,20)/b6-3+. The van der Waals surface area contributed by atoms with Crippen molar-refractivity contribution < 1.29 is 18.7 Å². The van der Waals surface area contributed by atoms with Crippen LogP contribution in [0, 0.1) is 5.82 Å². The van der Waals surface area contributed by atoms with Crippen LogP contribution in [-0.4, -0.2) is 17.6 Å². The highest BCUT2D eigenvalue weighted by molar-refractivity contribution is 5.78. The lowest BCUT2D eigenvalue weighted by Gasteiger charge is -2.12. The van der Waals surface area contributed by atoms with Gasteiger partial charge in [-0.3, -0.25) is 4.79 Å². The van der Waals surface area contributed by atoms with Gasteiger partial charge in [0.2, 0.25) is 5.91 Å². The molecule has 0 aliphatic rings. The summed E-state index contributed by atoms with van der Waals surface area (Å²) in [6, 6.07) is 9.10. The zero-order chi connectivity index (χ0) is 15.1. The van der Waals surface area contributed by atoms with Crippen molar-refractivity contribution in [1.82, 2.24) is 5.32 Å². The van der Waals surface area contributed by atoms with E-state index in [-0.39, 0.29) is 24.8 Å². The van der Waals surface area contributed by atoms with Crippen molar-refractivity contribution in [3.8, 4) is 0 Å². The predicted molar refractivity (Wildman–Crippen MR) is 76.7 cm³/mol. The maximum atomic E-state index is 13.4. The van der Waals surface area contributed by atoms with Crippen LogP contribution in [-0.2, 0) is 4.79 Å². The van der Waals surface area contributed by atoms with E-state index in [1.54, 1.807) is 42.5 Å². The van der Waals surface area contributed by atoms with Crippen LogP contribution in [0.2, 0.25) is 0 Å². The third kappa shape index (κ3) is 4.29. The Bertz CT molecular complexity index is 608. The van der Waals surface area contributed by atoms with Gasteiger partial charge < -0.3 is 14.8 Å². The molecule has 1 heterocycles. The second-order valence-corrected chi connectivity index (χ2v) is 4.45. The number of carbonyl (C=O) groups excluding carboxylic acids is 1. The van der Waals surface area contributed by atoms with Gasteiger partial charge in [0.1, 0.15) is 17.6 Å². The maximum absolute atomic E-state index is 13.4. The van der Waals surface area contributed by atoms with E-state index in [1.807, 2.05) is 0 Å². The Morgan fingerprint density at radius 2 is 2.14 bits per heavy atom. The number of carbonyl (C=O) groups is 1. The van der Waals surface area contributed by atoms with Crippen molar-refractivity contribution in [2.75, 3.05) is 6.61 Å². The summed E-state index contributed by atoms with van der Waals surface area (Å²) in [6.45, 7) is -0.254. The number of halogens is 1. The van der Waals surface area contributed by atoms with Crippen LogP contribution in [0.1, 0.15) is 23.8 Å². The molecule has 1 atom stereocenters. The molecule has 1 amide bonds. The van der Waals surface area contributed by atoms with E-state index in [1.165, 1.54) is 12.3 Å². The van der Waals surface area contributed by atoms with Gasteiger partial charge in [-0.1, -0.05) is 30.4 Å². The largest absolute Gasteiger partial charge is 0.467 e. The second-order valence-electron chi connectivity index (χ2n) is 4.45. The van der Waals surface area contributed by atoms with Gasteiger partial charge in [-0.05, 0) is 18.2 Å². The first-order valence-electron chi connectivity index (χ1n) is 6.55. The molecule has 21 heavy (non-hydrogen) atoms. The average Bonchev–Trinajstić information content (AvgIpc) is 3.01. The van der Waals surface area contributed by atoms with Gasteiger partial charge in [0.05, 0.1) is 12.9 Å². The van der Waals surface area contributed by atoms with E-state index in [0.29, 0.717) is 11.3 Å². The Hall–Kier alpha value is -2.40. The molecule has 5 heteroatoms. The number of benzene rings is 1. The van der Waals surface area contributed by atoms with Gasteiger partial charge in [0.25, 0.3) is 0 Å². The summed E-state index contributed by atoms with van der Waals surface area (Å²) in [5, 5.41) is 11.9. The molecular weight excluding hydrogens is 273 g/mol. The number of hydrogen-bond donors (Lipinski definition) is 2. The molecule has 110 valence electrons. The summed E-state index contributed by atoms with van der Waals surface area (Å²) in [5.74, 6) is -0.125. The zero-order valence-electron chi connectivity index (χ0n) is 11.3. The third-order valence-corrected chi connectivity index (χ3v) is 2.91. The van der Waals surface area contributed by atoms with Gasteiger partial charge in [-0.25, -0.2) is 4.39 Å². The highest BCUT2D eigenvalue weighted by Gasteiger charge is 2.15. The first kappa shape index (κ1) is 15.0. The fourth-order valence-electron chi connectivity index (χ4n) is 1.85. The summed E-state index contributed by atoms with van der Waals surface area (Å²) < 4.78 is 18.5. The summed E-state index contributed by atoms with van der Waals surface area (Å²) >= 11 is 0. The monoisotopic (exact) mass is 289 g/mol. The van der Waals surface area contributed by atoms with Crippen LogP contribution >= 0.6 is 0 Å². The Balaban J connectivity index is 1.89. The van der Waals surface area contributed by atoms with Crippen LogP contribution in [0.15, 0.2) is 53.2 Å². The highest BCUT2D eigenvalue weighted by atomic mass is 19.1. The molecular formula is C16H16FNO3. The number of rotatable bonds is 6. The van der Waals surface area contributed by atoms with E-state index in [9.17, 15) is 14.3 Å². The fraction of sp³-hybridized carbons (Fsp3) is 0.188. The van der Waals surface area contributed by atoms with Crippen molar-refractivity contribution >= 4 is 12.0 Å². The summed E-state index contributed by atoms with van der Waals surface area (Å²) in [7, 11) is 0. The minimum absolute atomic E-state index is 0.0888. The molecule has 0 saturated carbocycles. The Labute approximate surface area is 121 Å². The van der Waals surface area contributed by atoms with Crippen molar-refractivity contribution in [1.29, 1.82) is 0 Å². The topological polar surface area (TPSA) is 62.5 Å². The van der Waals surface area contributed by atoms with Crippen molar-refractivity contribution in [2.24, 2.45) is 0 Å². The molecule has 1 aromatic heterocycles. The number of furan rings is 1. The lowest BCUT2D eigenvalue weighted by atomic mass is 10.2. The van der Waals surface area contributed by atoms with Gasteiger partial charge in [0.15, 0.2) is 0 Å². The molecule has 0 aliphatic heterocycles. The Morgan fingerprint density at radius 1 is 1.33 bits per heavy atom. The lowest BCUT2D eigenvalue weighted by molar-refractivity contribution is -0.121. The Kier molecular flexibility index (Phi) is 5.29. The molecule has 0 aliphatic carbocycles. The van der Waals surface area contributed by atoms with Gasteiger partial charge in [-0.2, -0.15) is 0 Å². The maximum Gasteiger partial charge on any atom is 0.224 e. The molecule has 2 N–H and O–H groups in total. The normalized spacial score (nSPS) is 12.5. The van der Waals surface area contributed by atoms with E-state index in [0.717, 1.165) is 0 Å². The molecule has 0 saturated heterocycles. The number of amides is 1. The number of aliphatic hydroxyl groups is 1. The molecule has 0 spiro atoms. The average molecular weight is 289 g/mol. The fourth-order valence-corrected chi connectivity index (χ4v) is 1.85. The molecule has 2 rings (SSSR count). The Morgan fingerprint density at radius 3 is 2.81 bits per heavy atom. The molecule has 0 radical (unpaired) electrons. The highest BCUT2D eigenvalue weighted by Crippen LogP contribution is 2.13. The second kappa shape index (κ2) is 7.40. The predicted octanol–water partition coefficient (Wildman–Crippen LogP) is 2.67. The molecule has 2 aromatic rings. The molecule has 0 bridgehead atoms. The SMILES string of the molecule is O=C(C/C=C/c1ccccc1F)NC(CO)c1ccco1. The van der Waals surface area contributed by atoms with Gasteiger partial charge >= 0.3 is 0 Å². The van der Waals surface area contributed by atoms with E-state index < -0.39 is 6.04 Å². The summed E-state index contributed by atoms with van der Waals surface area (Å²) in [5.41, 5.74) is 0.426. The van der Waals surface area contributed by atoms with Crippen LogP contribution in [0.25, 0.3) is 6.08 Å². The van der Waals surface area contributed by atoms with Gasteiger partial charge in [-0.15, -0.1) is 0 Å². The lowest BCUT2D eigenvalue weighted by Crippen LogP contribution is -2.29. The first-order chi connectivity index (χ1) is 10.2. The smallest absolute Gasteiger partial charge is 0.224 e. The van der Waals surface area contributed by atoms with Crippen LogP contribution in [0.3, 0.4) is 0 Å². The van der Waals surface area contributed by atoms with E-state index >= 15 is 0 Å². The number of hydrogen-bond acceptors (Lipinski definition) is 3. The van der Waals surface area contributed by atoms with E-state index in [4.69, 9.17) is 4.42 Å². The number of aliphatic hydroxyl groups excluding tert-OH is 1. The number of nitrogens with one attached hydrogen (secondary N) is 1. The summed E-state index contributed by atoms with van der Waals surface area (Å²) in [4.78, 5) is 11.8. The van der Waals surface area contributed by atoms with Gasteiger partial charge in [0, 0.05) is 12.0 Å². The third-order valence-electron chi connectivity index (χ3n) is 2.91. The quantitative estimate of drug-likeness (QED) is 0.859. The molecule has 1 unspecified atom stereocenters. The molecule has 1 aromatic carbocycles. The van der Waals surface area contributed by atoms with Crippen LogP contribution in [0.4, 0.5) is 4.39 Å². The van der Waals surface area contributed by atoms with Crippen LogP contribution in [0.5, 0.6) is 0 Å². The van der Waals surface area contributed by atoms with E-state index in [2.05, 4.69) is 5.32 Å². The zero-order valence-corrected chi connectivity index (χ0v) is 11.3. The van der Waals surface area contributed by atoms with Crippen molar-refractivity contribution in [2.45, 2.75) is 12.5 Å². The van der Waals surface area contributed by atoms with Crippen molar-refractivity contribution in [3.63, 3.8) is 0 Å². The van der Waals surface area contributed by atoms with Crippen molar-refractivity contribution in [3.05, 3.63) is 65.9 Å². The molecule has 0 fully saturated rings. The van der Waals surface area contributed by atoms with Crippen LogP contribution < -0.4 is 5.32 Å². The minimum Gasteiger partial charge on any atom is -0.467 e.